The fraction of sp³-hybridized carbons (Fsp3) is 0.0741. The highest BCUT2D eigenvalue weighted by molar-refractivity contribution is 6.31. The van der Waals surface area contributed by atoms with E-state index >= 15 is 0 Å². The number of nitrogens with one attached hydrogen (secondary N) is 5. The van der Waals surface area contributed by atoms with Crippen molar-refractivity contribution >= 4 is 40.9 Å². The summed E-state index contributed by atoms with van der Waals surface area (Å²) in [7, 11) is 0. The van der Waals surface area contributed by atoms with Crippen molar-refractivity contribution < 1.29 is 14.4 Å². The van der Waals surface area contributed by atoms with Crippen LogP contribution in [-0.2, 0) is 14.4 Å². The number of anilines is 2. The smallest absolute Gasteiger partial charge is 0.273 e. The van der Waals surface area contributed by atoms with Crippen LogP contribution in [0, 0.1) is 0 Å². The van der Waals surface area contributed by atoms with E-state index in [1.165, 1.54) is 13.8 Å². The van der Waals surface area contributed by atoms with Gasteiger partial charge in [0.2, 0.25) is 11.8 Å². The standard InChI is InChI=1S/C27H24N6O4/c1-16(34)28-20-12-8-18(9-13-20)24-22(26(36)32-30-24)6-4-3-5-7-23-25(31-33-27(23)37)19-10-14-21(15-11-19)29-17(2)35/h3-15H,1-2H3,(H,28,34)(H,29,35)(H,32,36)(H2,31,33,37). The topological polar surface area (TPSA) is 148 Å². The Hall–Kier alpha value is -5.25. The van der Waals surface area contributed by atoms with E-state index in [1.54, 1.807) is 78.9 Å². The molecule has 186 valence electrons. The summed E-state index contributed by atoms with van der Waals surface area (Å²) in [5, 5.41) is 15.0. The summed E-state index contributed by atoms with van der Waals surface area (Å²) in [6.45, 7) is 2.86. The van der Waals surface area contributed by atoms with Crippen molar-refractivity contribution in [2.24, 2.45) is 5.10 Å². The van der Waals surface area contributed by atoms with Gasteiger partial charge in [0.25, 0.3) is 11.5 Å². The molecule has 0 atom stereocenters. The van der Waals surface area contributed by atoms with Gasteiger partial charge in [-0.1, -0.05) is 42.5 Å². The molecule has 0 saturated heterocycles. The molecule has 1 aromatic heterocycles. The largest absolute Gasteiger partial charge is 0.326 e. The predicted octanol–water partition coefficient (Wildman–Crippen LogP) is 3.32. The van der Waals surface area contributed by atoms with Gasteiger partial charge in [-0.3, -0.25) is 29.4 Å². The molecule has 0 fully saturated rings. The summed E-state index contributed by atoms with van der Waals surface area (Å²) < 4.78 is 0. The highest BCUT2D eigenvalue weighted by Gasteiger charge is 2.23. The van der Waals surface area contributed by atoms with E-state index in [0.29, 0.717) is 33.9 Å². The number of H-pyrrole nitrogens is 2. The van der Waals surface area contributed by atoms with Crippen LogP contribution in [0.15, 0.2) is 88.3 Å². The maximum Gasteiger partial charge on any atom is 0.273 e. The molecule has 0 bridgehead atoms. The molecule has 4 rings (SSSR count). The minimum Gasteiger partial charge on any atom is -0.326 e. The first-order valence-electron chi connectivity index (χ1n) is 11.3. The van der Waals surface area contributed by atoms with Crippen LogP contribution in [-0.4, -0.2) is 33.6 Å². The zero-order chi connectivity index (χ0) is 26.4. The number of carbonyl (C=O) groups is 3. The number of allylic oxidation sites excluding steroid dienone is 4. The Morgan fingerprint density at radius 3 is 1.97 bits per heavy atom. The number of aromatic nitrogens is 2. The Bertz CT molecular complexity index is 1520. The molecule has 0 saturated carbocycles. The third kappa shape index (κ3) is 6.06. The van der Waals surface area contributed by atoms with E-state index in [9.17, 15) is 19.2 Å². The monoisotopic (exact) mass is 496 g/mol. The quantitative estimate of drug-likeness (QED) is 0.252. The number of benzene rings is 2. The van der Waals surface area contributed by atoms with Crippen LogP contribution in [0.1, 0.15) is 25.0 Å². The van der Waals surface area contributed by atoms with E-state index in [4.69, 9.17) is 0 Å². The third-order valence-corrected chi connectivity index (χ3v) is 5.30. The van der Waals surface area contributed by atoms with Crippen LogP contribution < -0.4 is 21.6 Å². The lowest BCUT2D eigenvalue weighted by atomic mass is 10.0. The average molecular weight is 497 g/mol. The Kier molecular flexibility index (Phi) is 7.39. The molecular formula is C27H24N6O4. The number of hydrogen-bond acceptors (Lipinski definition) is 5. The van der Waals surface area contributed by atoms with Crippen molar-refractivity contribution in [3.63, 3.8) is 0 Å². The average Bonchev–Trinajstić information content (AvgIpc) is 3.41. The van der Waals surface area contributed by atoms with Gasteiger partial charge in [-0.25, -0.2) is 5.43 Å². The summed E-state index contributed by atoms with van der Waals surface area (Å²) in [4.78, 5) is 47.0. The van der Waals surface area contributed by atoms with Gasteiger partial charge in [-0.05, 0) is 36.4 Å². The van der Waals surface area contributed by atoms with E-state index < -0.39 is 0 Å². The van der Waals surface area contributed by atoms with Gasteiger partial charge in [-0.15, -0.1) is 0 Å². The van der Waals surface area contributed by atoms with Crippen LogP contribution in [0.3, 0.4) is 0 Å². The second-order valence-electron chi connectivity index (χ2n) is 8.11. The number of aromatic amines is 2. The van der Waals surface area contributed by atoms with Crippen molar-refractivity contribution in [1.82, 2.24) is 15.6 Å². The molecule has 0 radical (unpaired) electrons. The molecule has 2 heterocycles. The molecular weight excluding hydrogens is 472 g/mol. The molecule has 3 aromatic rings. The van der Waals surface area contributed by atoms with Gasteiger partial charge in [-0.2, -0.15) is 5.10 Å². The highest BCUT2D eigenvalue weighted by atomic mass is 16.2. The lowest BCUT2D eigenvalue weighted by Gasteiger charge is -2.04. The van der Waals surface area contributed by atoms with Crippen LogP contribution in [0.25, 0.3) is 17.3 Å². The zero-order valence-electron chi connectivity index (χ0n) is 20.1. The molecule has 0 aliphatic carbocycles. The minimum atomic E-state index is -0.332. The molecule has 10 heteroatoms. The number of nitrogens with zero attached hydrogens (tertiary/aromatic N) is 1. The summed E-state index contributed by atoms with van der Waals surface area (Å²) in [6, 6.07) is 14.1. The summed E-state index contributed by atoms with van der Waals surface area (Å²) >= 11 is 0. The van der Waals surface area contributed by atoms with Crippen LogP contribution in [0.5, 0.6) is 0 Å². The molecule has 1 aliphatic heterocycles. The SMILES string of the molecule is CC(=O)Nc1ccc(C2=NNC(=O)C2=CC=CC=Cc2c(-c3ccc(NC(C)=O)cc3)[nH][nH]c2=O)cc1. The van der Waals surface area contributed by atoms with Crippen LogP contribution in [0.4, 0.5) is 11.4 Å². The maximum absolute atomic E-state index is 12.3. The second-order valence-corrected chi connectivity index (χ2v) is 8.11. The number of amides is 3. The zero-order valence-corrected chi connectivity index (χ0v) is 20.1. The van der Waals surface area contributed by atoms with E-state index in [0.717, 1.165) is 11.1 Å². The molecule has 0 unspecified atom stereocenters. The fourth-order valence-electron chi connectivity index (χ4n) is 3.67. The van der Waals surface area contributed by atoms with Crippen LogP contribution in [0.2, 0.25) is 0 Å². The Morgan fingerprint density at radius 2 is 1.38 bits per heavy atom. The molecule has 3 amide bonds. The summed E-state index contributed by atoms with van der Waals surface area (Å²) in [6.07, 6.45) is 8.37. The first kappa shape index (κ1) is 24.9. The van der Waals surface area contributed by atoms with Gasteiger partial charge in [0.15, 0.2) is 0 Å². The van der Waals surface area contributed by atoms with Gasteiger partial charge >= 0.3 is 0 Å². The molecule has 5 N–H and O–H groups in total. The summed E-state index contributed by atoms with van der Waals surface area (Å²) in [5.74, 6) is -0.668. The van der Waals surface area contributed by atoms with Crippen molar-refractivity contribution in [1.29, 1.82) is 0 Å². The number of carbonyl (C=O) groups excluding carboxylic acids is 3. The Balaban J connectivity index is 1.48. The lowest BCUT2D eigenvalue weighted by Crippen LogP contribution is -2.13. The van der Waals surface area contributed by atoms with Crippen molar-refractivity contribution in [3.8, 4) is 11.3 Å². The maximum atomic E-state index is 12.3. The lowest BCUT2D eigenvalue weighted by molar-refractivity contribution is -0.116. The van der Waals surface area contributed by atoms with E-state index in [2.05, 4.69) is 31.4 Å². The molecule has 37 heavy (non-hydrogen) atoms. The highest BCUT2D eigenvalue weighted by Crippen LogP contribution is 2.22. The van der Waals surface area contributed by atoms with Gasteiger partial charge < -0.3 is 10.6 Å². The molecule has 10 nitrogen and oxygen atoms in total. The number of rotatable bonds is 7. The normalized spacial score (nSPS) is 14.3. The van der Waals surface area contributed by atoms with Crippen molar-refractivity contribution in [3.05, 3.63) is 99.9 Å². The molecule has 1 aliphatic rings. The molecule has 0 spiro atoms. The van der Waals surface area contributed by atoms with Crippen LogP contribution >= 0.6 is 0 Å². The number of hydrazone groups is 1. The van der Waals surface area contributed by atoms with Gasteiger partial charge in [0.05, 0.1) is 16.8 Å². The van der Waals surface area contributed by atoms with Gasteiger partial charge in [0.1, 0.15) is 5.71 Å². The molecule has 2 aromatic carbocycles. The first-order valence-corrected chi connectivity index (χ1v) is 11.3. The van der Waals surface area contributed by atoms with Gasteiger partial charge in [0, 0.05) is 36.3 Å². The minimum absolute atomic E-state index is 0.165. The second kappa shape index (κ2) is 11.0. The van der Waals surface area contributed by atoms with E-state index in [1.807, 2.05) is 0 Å². The first-order chi connectivity index (χ1) is 17.8. The Labute approximate surface area is 211 Å². The Morgan fingerprint density at radius 1 is 0.784 bits per heavy atom. The predicted molar refractivity (Wildman–Crippen MR) is 143 cm³/mol. The summed E-state index contributed by atoms with van der Waals surface area (Å²) in [5.41, 5.74) is 6.88. The van der Waals surface area contributed by atoms with Crippen molar-refractivity contribution in [2.75, 3.05) is 10.6 Å². The van der Waals surface area contributed by atoms with Crippen molar-refractivity contribution in [2.45, 2.75) is 13.8 Å². The van der Waals surface area contributed by atoms with E-state index in [-0.39, 0.29) is 23.3 Å². The fourth-order valence-corrected chi connectivity index (χ4v) is 3.67. The number of hydrogen-bond donors (Lipinski definition) is 5. The third-order valence-electron chi connectivity index (χ3n) is 5.30.